The Hall–Kier alpha value is -2.96. The summed E-state index contributed by atoms with van der Waals surface area (Å²) in [6.45, 7) is 4.21. The van der Waals surface area contributed by atoms with Gasteiger partial charge < -0.3 is 14.6 Å². The summed E-state index contributed by atoms with van der Waals surface area (Å²) in [6, 6.07) is 19.1. The van der Waals surface area contributed by atoms with Gasteiger partial charge >= 0.3 is 6.09 Å². The molecule has 0 unspecified atom stereocenters. The van der Waals surface area contributed by atoms with E-state index >= 15 is 0 Å². The lowest BCUT2D eigenvalue weighted by Gasteiger charge is -2.21. The van der Waals surface area contributed by atoms with Crippen molar-refractivity contribution < 1.29 is 24.2 Å². The second-order valence-corrected chi connectivity index (χ2v) is 7.87. The fraction of sp³-hybridized carbons (Fsp3) is 0.360. The molecule has 0 radical (unpaired) electrons. The Balaban J connectivity index is 1.56. The highest BCUT2D eigenvalue weighted by Crippen LogP contribution is 2.21. The van der Waals surface area contributed by atoms with Gasteiger partial charge in [0.2, 0.25) is 0 Å². The number of amides is 2. The van der Waals surface area contributed by atoms with Crippen LogP contribution in [0.2, 0.25) is 0 Å². The summed E-state index contributed by atoms with van der Waals surface area (Å²) in [5.41, 5.74) is 2.46. The second-order valence-electron chi connectivity index (χ2n) is 7.87. The third-order valence-corrected chi connectivity index (χ3v) is 5.35. The first-order valence-electron chi connectivity index (χ1n) is 10.5. The molecular weight excluding hydrogens is 394 g/mol. The topological polar surface area (TPSA) is 76.1 Å². The number of carbonyl (C=O) groups excluding carboxylic acids is 2. The number of hydrogen-bond donors (Lipinski definition) is 1. The highest BCUT2D eigenvalue weighted by molar-refractivity contribution is 6.03. The van der Waals surface area contributed by atoms with Gasteiger partial charge in [0.05, 0.1) is 25.4 Å². The maximum Gasteiger partial charge on any atom is 0.417 e. The molecule has 0 bridgehead atoms. The van der Waals surface area contributed by atoms with Crippen LogP contribution in [-0.4, -0.2) is 47.4 Å². The Morgan fingerprint density at radius 2 is 1.77 bits per heavy atom. The predicted octanol–water partition coefficient (Wildman–Crippen LogP) is 3.74. The zero-order valence-corrected chi connectivity index (χ0v) is 17.9. The number of ether oxygens (including phenoxy) is 2. The van der Waals surface area contributed by atoms with Gasteiger partial charge in [0.1, 0.15) is 6.61 Å². The molecule has 31 heavy (non-hydrogen) atoms. The standard InChI is InChI=1S/C25H29NO5/c1-18(23(27)17-30-15-21-11-7-4-8-12-21)13-19(2)24(28)26-22(16-31-25(26)29)14-20-9-5-3-6-10-20/h3-13,18,22-23,27H,14-17H2,1-2H3/b19-13+/t18-,22-,23+/m0/s1. The van der Waals surface area contributed by atoms with Gasteiger partial charge in [0, 0.05) is 11.5 Å². The Labute approximate surface area is 183 Å². The van der Waals surface area contributed by atoms with Crippen LogP contribution in [0.25, 0.3) is 0 Å². The number of carbonyl (C=O) groups is 2. The monoisotopic (exact) mass is 423 g/mol. The van der Waals surface area contributed by atoms with Gasteiger partial charge in [-0.3, -0.25) is 4.79 Å². The van der Waals surface area contributed by atoms with Crippen LogP contribution < -0.4 is 0 Å². The van der Waals surface area contributed by atoms with Gasteiger partial charge in [0.15, 0.2) is 0 Å². The fourth-order valence-corrected chi connectivity index (χ4v) is 3.54. The number of hydrogen-bond acceptors (Lipinski definition) is 5. The molecule has 0 spiro atoms. The molecule has 0 aliphatic carbocycles. The van der Waals surface area contributed by atoms with Crippen LogP contribution >= 0.6 is 0 Å². The minimum Gasteiger partial charge on any atom is -0.447 e. The molecule has 0 saturated carbocycles. The number of aliphatic hydroxyl groups is 1. The lowest BCUT2D eigenvalue weighted by atomic mass is 10.0. The number of aliphatic hydroxyl groups excluding tert-OH is 1. The lowest BCUT2D eigenvalue weighted by Crippen LogP contribution is -2.40. The van der Waals surface area contributed by atoms with Crippen molar-refractivity contribution in [3.63, 3.8) is 0 Å². The van der Waals surface area contributed by atoms with E-state index in [1.165, 1.54) is 4.90 Å². The molecule has 3 atom stereocenters. The average Bonchev–Trinajstić information content (AvgIpc) is 3.14. The number of benzene rings is 2. The summed E-state index contributed by atoms with van der Waals surface area (Å²) in [7, 11) is 0. The van der Waals surface area contributed by atoms with E-state index in [9.17, 15) is 14.7 Å². The molecule has 2 aromatic carbocycles. The summed E-state index contributed by atoms with van der Waals surface area (Å²) in [6.07, 6.45) is 0.830. The molecule has 6 nitrogen and oxygen atoms in total. The summed E-state index contributed by atoms with van der Waals surface area (Å²) in [5.74, 6) is -0.710. The van der Waals surface area contributed by atoms with Gasteiger partial charge in [0.25, 0.3) is 5.91 Å². The van der Waals surface area contributed by atoms with Gasteiger partial charge in [-0.1, -0.05) is 73.7 Å². The molecule has 2 aromatic rings. The molecule has 1 aliphatic rings. The molecule has 3 rings (SSSR count). The van der Waals surface area contributed by atoms with E-state index in [0.717, 1.165) is 11.1 Å². The van der Waals surface area contributed by atoms with Crippen LogP contribution in [0.5, 0.6) is 0 Å². The fourth-order valence-electron chi connectivity index (χ4n) is 3.54. The zero-order chi connectivity index (χ0) is 22.2. The van der Waals surface area contributed by atoms with Crippen molar-refractivity contribution in [1.29, 1.82) is 0 Å². The third-order valence-electron chi connectivity index (χ3n) is 5.35. The molecular formula is C25H29NO5. The van der Waals surface area contributed by atoms with Crippen molar-refractivity contribution in [3.05, 3.63) is 83.4 Å². The summed E-state index contributed by atoms with van der Waals surface area (Å²) >= 11 is 0. The smallest absolute Gasteiger partial charge is 0.417 e. The van der Waals surface area contributed by atoms with Crippen molar-refractivity contribution in [3.8, 4) is 0 Å². The van der Waals surface area contributed by atoms with Gasteiger partial charge in [-0.15, -0.1) is 0 Å². The van der Waals surface area contributed by atoms with Crippen molar-refractivity contribution in [2.75, 3.05) is 13.2 Å². The quantitative estimate of drug-likeness (QED) is 0.622. The van der Waals surface area contributed by atoms with Crippen LogP contribution in [0.15, 0.2) is 72.3 Å². The summed E-state index contributed by atoms with van der Waals surface area (Å²) < 4.78 is 10.7. The van der Waals surface area contributed by atoms with Crippen LogP contribution in [0.4, 0.5) is 4.79 Å². The van der Waals surface area contributed by atoms with Gasteiger partial charge in [-0.2, -0.15) is 0 Å². The van der Waals surface area contributed by atoms with E-state index in [-0.39, 0.29) is 25.2 Å². The summed E-state index contributed by atoms with van der Waals surface area (Å²) in [5, 5.41) is 10.4. The molecule has 164 valence electrons. The maximum atomic E-state index is 13.0. The van der Waals surface area contributed by atoms with E-state index < -0.39 is 18.1 Å². The number of cyclic esters (lactones) is 1. The van der Waals surface area contributed by atoms with E-state index in [2.05, 4.69) is 0 Å². The first kappa shape index (κ1) is 22.7. The third kappa shape index (κ3) is 6.26. The first-order chi connectivity index (χ1) is 15.0. The van der Waals surface area contributed by atoms with Crippen molar-refractivity contribution >= 4 is 12.0 Å². The Morgan fingerprint density at radius 3 is 2.42 bits per heavy atom. The molecule has 1 N–H and O–H groups in total. The normalized spacial score (nSPS) is 18.5. The Bertz CT molecular complexity index is 897. The number of rotatable bonds is 9. The maximum absolute atomic E-state index is 13.0. The average molecular weight is 424 g/mol. The van der Waals surface area contributed by atoms with Gasteiger partial charge in [-0.25, -0.2) is 9.69 Å². The first-order valence-corrected chi connectivity index (χ1v) is 10.5. The van der Waals surface area contributed by atoms with E-state index in [0.29, 0.717) is 18.6 Å². The largest absolute Gasteiger partial charge is 0.447 e. The number of imide groups is 1. The van der Waals surface area contributed by atoms with Crippen molar-refractivity contribution in [2.45, 2.75) is 39.0 Å². The molecule has 1 saturated heterocycles. The zero-order valence-electron chi connectivity index (χ0n) is 17.9. The van der Waals surface area contributed by atoms with Crippen molar-refractivity contribution in [2.24, 2.45) is 5.92 Å². The predicted molar refractivity (Wildman–Crippen MR) is 117 cm³/mol. The number of nitrogens with zero attached hydrogens (tertiary/aromatic N) is 1. The Morgan fingerprint density at radius 1 is 1.16 bits per heavy atom. The van der Waals surface area contributed by atoms with Crippen LogP contribution in [-0.2, 0) is 27.3 Å². The Kier molecular flexibility index (Phi) is 7.98. The van der Waals surface area contributed by atoms with Crippen LogP contribution in [0, 0.1) is 5.92 Å². The molecule has 1 fully saturated rings. The van der Waals surface area contributed by atoms with E-state index in [1.807, 2.05) is 67.6 Å². The van der Waals surface area contributed by atoms with Crippen LogP contribution in [0.3, 0.4) is 0 Å². The van der Waals surface area contributed by atoms with Crippen molar-refractivity contribution in [1.82, 2.24) is 4.90 Å². The second kappa shape index (κ2) is 10.9. The molecule has 1 heterocycles. The van der Waals surface area contributed by atoms with E-state index in [1.54, 1.807) is 13.0 Å². The minimum absolute atomic E-state index is 0.149. The molecule has 6 heteroatoms. The molecule has 1 aliphatic heterocycles. The lowest BCUT2D eigenvalue weighted by molar-refractivity contribution is -0.125. The molecule has 0 aromatic heterocycles. The molecule has 2 amide bonds. The summed E-state index contributed by atoms with van der Waals surface area (Å²) in [4.78, 5) is 26.3. The van der Waals surface area contributed by atoms with E-state index in [4.69, 9.17) is 9.47 Å². The minimum atomic E-state index is -0.767. The highest BCUT2D eigenvalue weighted by atomic mass is 16.6. The van der Waals surface area contributed by atoms with Crippen LogP contribution in [0.1, 0.15) is 25.0 Å². The van der Waals surface area contributed by atoms with Gasteiger partial charge in [-0.05, 0) is 24.5 Å². The highest BCUT2D eigenvalue weighted by Gasteiger charge is 2.38. The SMILES string of the molecule is C/C(=C\[C@H](C)[C@H](O)COCc1ccccc1)C(=O)N1C(=O)OC[C@@H]1Cc1ccccc1.